The van der Waals surface area contributed by atoms with Gasteiger partial charge in [-0.1, -0.05) is 18.2 Å². The number of nitrogen functional groups attached to an aromatic ring is 1. The summed E-state index contributed by atoms with van der Waals surface area (Å²) in [6.07, 6.45) is 2.04. The number of anilines is 1. The molecule has 0 fully saturated rings. The third-order valence-electron chi connectivity index (χ3n) is 3.12. The van der Waals surface area contributed by atoms with Crippen molar-refractivity contribution in [2.75, 3.05) is 5.73 Å². The summed E-state index contributed by atoms with van der Waals surface area (Å²) in [5, 5.41) is 3.48. The number of nitrogens with two attached hydrogens (primary N) is 1. The molecule has 0 amide bonds. The molecule has 5 heteroatoms. The van der Waals surface area contributed by atoms with E-state index < -0.39 is 5.78 Å². The fourth-order valence-corrected chi connectivity index (χ4v) is 2.23. The van der Waals surface area contributed by atoms with Gasteiger partial charge in [-0.15, -0.1) is 0 Å². The van der Waals surface area contributed by atoms with Gasteiger partial charge in [-0.25, -0.2) is 0 Å². The molecule has 0 saturated heterocycles. The van der Waals surface area contributed by atoms with Crippen LogP contribution in [0.5, 0.6) is 0 Å². The van der Waals surface area contributed by atoms with Crippen molar-refractivity contribution in [1.29, 1.82) is 0 Å². The van der Waals surface area contributed by atoms with Crippen LogP contribution in [0, 0.1) is 0 Å². The number of nitrogens with one attached hydrogen (secondary N) is 2. The van der Waals surface area contributed by atoms with E-state index in [0.717, 1.165) is 16.0 Å². The molecule has 5 nitrogen and oxygen atoms in total. The summed E-state index contributed by atoms with van der Waals surface area (Å²) in [5.74, 6) is -0.592. The van der Waals surface area contributed by atoms with Crippen LogP contribution in [0.3, 0.4) is 0 Å². The zero-order valence-corrected chi connectivity index (χ0v) is 9.94. The molecular formula is C14H11N3O2. The average molecular weight is 253 g/mol. The highest BCUT2D eigenvalue weighted by Gasteiger charge is 2.12. The Bertz CT molecular complexity index is 824. The first kappa shape index (κ1) is 11.3. The standard InChI is InChI=1S/C14H11N3O2/c15-9-3-1-8-2-4-10-12(11(8)5-9)6-16-17-14(10)13(19)7-18/h1-7,16-17H,15H2. The SMILES string of the molecule is Nc1ccc2ccc3c(c2c1)=CNNC=3C(=O)C=O. The van der Waals surface area contributed by atoms with Gasteiger partial charge in [0, 0.05) is 22.3 Å². The first-order valence-electron chi connectivity index (χ1n) is 5.74. The lowest BCUT2D eigenvalue weighted by atomic mass is 10.0. The largest absolute Gasteiger partial charge is 0.399 e. The lowest BCUT2D eigenvalue weighted by Gasteiger charge is -2.13. The van der Waals surface area contributed by atoms with Crippen LogP contribution < -0.4 is 27.0 Å². The van der Waals surface area contributed by atoms with E-state index in [4.69, 9.17) is 5.73 Å². The number of benzene rings is 2. The number of carbonyl (C=O) groups excluding carboxylic acids is 2. The van der Waals surface area contributed by atoms with Crippen molar-refractivity contribution in [2.45, 2.75) is 0 Å². The Morgan fingerprint density at radius 3 is 2.79 bits per heavy atom. The molecule has 1 aliphatic rings. The molecule has 0 saturated carbocycles. The predicted octanol–water partition coefficient (Wildman–Crippen LogP) is -0.856. The first-order valence-corrected chi connectivity index (χ1v) is 5.74. The maximum Gasteiger partial charge on any atom is 0.243 e. The molecule has 0 spiro atoms. The van der Waals surface area contributed by atoms with Crippen LogP contribution in [0.25, 0.3) is 22.7 Å². The first-order chi connectivity index (χ1) is 9.20. The molecule has 2 aromatic rings. The molecule has 0 unspecified atom stereocenters. The molecular weight excluding hydrogens is 242 g/mol. The number of rotatable bonds is 2. The van der Waals surface area contributed by atoms with Crippen LogP contribution in [-0.4, -0.2) is 12.1 Å². The summed E-state index contributed by atoms with van der Waals surface area (Å²) >= 11 is 0. The zero-order valence-electron chi connectivity index (χ0n) is 9.94. The molecule has 0 aromatic heterocycles. The number of fused-ring (bicyclic) bond motifs is 3. The van der Waals surface area contributed by atoms with E-state index in [1.165, 1.54) is 0 Å². The van der Waals surface area contributed by atoms with Gasteiger partial charge < -0.3 is 11.2 Å². The maximum atomic E-state index is 11.6. The van der Waals surface area contributed by atoms with Crippen molar-refractivity contribution in [3.63, 3.8) is 0 Å². The number of ketones is 1. The molecule has 0 atom stereocenters. The Balaban J connectivity index is 2.49. The fourth-order valence-electron chi connectivity index (χ4n) is 2.23. The van der Waals surface area contributed by atoms with Gasteiger partial charge in [0.15, 0.2) is 6.29 Å². The van der Waals surface area contributed by atoms with Gasteiger partial charge in [0.25, 0.3) is 0 Å². The molecule has 19 heavy (non-hydrogen) atoms. The van der Waals surface area contributed by atoms with Gasteiger partial charge in [0.05, 0.1) is 0 Å². The fraction of sp³-hybridized carbons (Fsp3) is 0. The van der Waals surface area contributed by atoms with E-state index in [2.05, 4.69) is 10.9 Å². The van der Waals surface area contributed by atoms with E-state index in [1.54, 1.807) is 6.20 Å². The minimum atomic E-state index is -0.592. The minimum Gasteiger partial charge on any atom is -0.399 e. The van der Waals surface area contributed by atoms with Crippen LogP contribution in [0.2, 0.25) is 0 Å². The predicted molar refractivity (Wildman–Crippen MR) is 72.8 cm³/mol. The molecule has 3 rings (SSSR count). The second kappa shape index (κ2) is 4.13. The van der Waals surface area contributed by atoms with Crippen molar-refractivity contribution >= 4 is 40.4 Å². The van der Waals surface area contributed by atoms with Crippen LogP contribution >= 0.6 is 0 Å². The monoisotopic (exact) mass is 253 g/mol. The Morgan fingerprint density at radius 2 is 2.00 bits per heavy atom. The van der Waals surface area contributed by atoms with Crippen molar-refractivity contribution in [2.24, 2.45) is 0 Å². The Labute approximate surface area is 108 Å². The highest BCUT2D eigenvalue weighted by atomic mass is 16.2. The number of hydrogen-bond acceptors (Lipinski definition) is 5. The normalized spacial score (nSPS) is 12.9. The molecule has 0 bridgehead atoms. The summed E-state index contributed by atoms with van der Waals surface area (Å²) < 4.78 is 0. The molecule has 1 aliphatic heterocycles. The third-order valence-corrected chi connectivity index (χ3v) is 3.12. The number of carbonyl (C=O) groups is 2. The van der Waals surface area contributed by atoms with Gasteiger partial charge >= 0.3 is 0 Å². The van der Waals surface area contributed by atoms with E-state index >= 15 is 0 Å². The van der Waals surface area contributed by atoms with Gasteiger partial charge in [-0.05, 0) is 22.9 Å². The maximum absolute atomic E-state index is 11.6. The molecule has 2 aromatic carbocycles. The topological polar surface area (TPSA) is 84.2 Å². The minimum absolute atomic E-state index is 0.247. The smallest absolute Gasteiger partial charge is 0.243 e. The van der Waals surface area contributed by atoms with E-state index in [9.17, 15) is 9.59 Å². The van der Waals surface area contributed by atoms with Crippen molar-refractivity contribution in [1.82, 2.24) is 10.9 Å². The lowest BCUT2D eigenvalue weighted by Crippen LogP contribution is -2.46. The van der Waals surface area contributed by atoms with Crippen LogP contribution in [0.15, 0.2) is 30.3 Å². The lowest BCUT2D eigenvalue weighted by molar-refractivity contribution is -0.126. The van der Waals surface area contributed by atoms with Gasteiger partial charge in [0.1, 0.15) is 5.70 Å². The Morgan fingerprint density at radius 1 is 1.21 bits per heavy atom. The molecule has 94 valence electrons. The van der Waals surface area contributed by atoms with E-state index in [0.29, 0.717) is 17.2 Å². The summed E-state index contributed by atoms with van der Waals surface area (Å²) in [4.78, 5) is 22.2. The summed E-state index contributed by atoms with van der Waals surface area (Å²) in [5.41, 5.74) is 12.2. The van der Waals surface area contributed by atoms with E-state index in [1.807, 2.05) is 30.3 Å². The van der Waals surface area contributed by atoms with Crippen LogP contribution in [-0.2, 0) is 9.59 Å². The highest BCUT2D eigenvalue weighted by Crippen LogP contribution is 2.12. The number of Topliss-reactive ketones (excluding diaryl/α,β-unsaturated/α-hetero) is 1. The molecule has 4 N–H and O–H groups in total. The Hall–Kier alpha value is -2.82. The second-order valence-corrected chi connectivity index (χ2v) is 4.28. The second-order valence-electron chi connectivity index (χ2n) is 4.28. The number of hydrogen-bond donors (Lipinski definition) is 3. The summed E-state index contributed by atoms with van der Waals surface area (Å²) in [6, 6.07) is 9.30. The highest BCUT2D eigenvalue weighted by molar-refractivity contribution is 6.43. The van der Waals surface area contributed by atoms with Crippen LogP contribution in [0.1, 0.15) is 0 Å². The van der Waals surface area contributed by atoms with Crippen LogP contribution in [0.4, 0.5) is 5.69 Å². The van der Waals surface area contributed by atoms with E-state index in [-0.39, 0.29) is 5.70 Å². The zero-order chi connectivity index (χ0) is 13.4. The third kappa shape index (κ3) is 1.72. The van der Waals surface area contributed by atoms with Crippen molar-refractivity contribution in [3.8, 4) is 0 Å². The van der Waals surface area contributed by atoms with Gasteiger partial charge in [-0.2, -0.15) is 0 Å². The average Bonchev–Trinajstić information content (AvgIpc) is 2.45. The van der Waals surface area contributed by atoms with Gasteiger partial charge in [-0.3, -0.25) is 15.0 Å². The number of hydrazine groups is 1. The number of aldehydes is 1. The molecule has 0 radical (unpaired) electrons. The Kier molecular flexibility index (Phi) is 2.45. The summed E-state index contributed by atoms with van der Waals surface area (Å²) in [7, 11) is 0. The molecule has 1 heterocycles. The van der Waals surface area contributed by atoms with Gasteiger partial charge in [0.2, 0.25) is 5.78 Å². The van der Waals surface area contributed by atoms with Crippen molar-refractivity contribution in [3.05, 3.63) is 40.8 Å². The molecule has 0 aliphatic carbocycles. The van der Waals surface area contributed by atoms with Crippen molar-refractivity contribution < 1.29 is 9.59 Å². The quantitative estimate of drug-likeness (QED) is 0.368. The summed E-state index contributed by atoms with van der Waals surface area (Å²) in [6.45, 7) is 0.